The first-order valence-corrected chi connectivity index (χ1v) is 12.5. The van der Waals surface area contributed by atoms with E-state index in [1.165, 1.54) is 11.8 Å². The number of ether oxygens (including phenoxy) is 2. The summed E-state index contributed by atoms with van der Waals surface area (Å²) in [4.78, 5) is 23.4. The highest BCUT2D eigenvalue weighted by Crippen LogP contribution is 2.39. The minimum Gasteiger partial charge on any atom is -0.494 e. The van der Waals surface area contributed by atoms with E-state index in [-0.39, 0.29) is 5.91 Å². The molecule has 0 saturated heterocycles. The first kappa shape index (κ1) is 25.1. The summed E-state index contributed by atoms with van der Waals surface area (Å²) in [5.41, 5.74) is 5.34. The standard InChI is InChI=1S/C29H30N6O3/c1-5-27(36)31-22-17-21(25(37-4)18-26(22)38-16-15-34(2)3)33-29-30-13-12-20(32-29)28-19-9-6-7-10-23(19)35-14-8-11-24(28)35/h5,7,10,12-13,17-18H,1,8,11,14-16H2,2-4H3,(H,31,36)(H,30,32,33). The van der Waals surface area contributed by atoms with Crippen LogP contribution in [-0.4, -0.2) is 59.7 Å². The molecule has 2 aromatic heterocycles. The maximum Gasteiger partial charge on any atom is 0.247 e. The molecule has 0 spiro atoms. The summed E-state index contributed by atoms with van der Waals surface area (Å²) in [7, 11) is 5.51. The van der Waals surface area contributed by atoms with Gasteiger partial charge in [-0.1, -0.05) is 18.7 Å². The SMILES string of the molecule is C=CC(=O)Nc1cc(Nc2nccc(-c3c4n(c5ccc#cc35)CCC4)n2)c(OC)cc1OCCN(C)C. The largest absolute Gasteiger partial charge is 0.494 e. The fourth-order valence-electron chi connectivity index (χ4n) is 4.66. The number of carbonyl (C=O) groups is 1. The van der Waals surface area contributed by atoms with Crippen molar-refractivity contribution < 1.29 is 14.3 Å². The number of methoxy groups -OCH3 is 1. The van der Waals surface area contributed by atoms with Crippen molar-refractivity contribution in [2.24, 2.45) is 0 Å². The third kappa shape index (κ3) is 4.99. The van der Waals surface area contributed by atoms with Crippen molar-refractivity contribution in [3.05, 3.63) is 67.0 Å². The van der Waals surface area contributed by atoms with Gasteiger partial charge in [0.25, 0.3) is 0 Å². The number of amides is 1. The van der Waals surface area contributed by atoms with Gasteiger partial charge in [0.15, 0.2) is 0 Å². The summed E-state index contributed by atoms with van der Waals surface area (Å²) >= 11 is 0. The van der Waals surface area contributed by atoms with Gasteiger partial charge < -0.3 is 29.6 Å². The van der Waals surface area contributed by atoms with Gasteiger partial charge in [-0.3, -0.25) is 4.79 Å². The maximum atomic E-state index is 12.1. The van der Waals surface area contributed by atoms with E-state index in [0.29, 0.717) is 42.0 Å². The van der Waals surface area contributed by atoms with Crippen molar-refractivity contribution in [1.29, 1.82) is 0 Å². The zero-order valence-electron chi connectivity index (χ0n) is 21.8. The summed E-state index contributed by atoms with van der Waals surface area (Å²) in [6.45, 7) is 5.69. The Morgan fingerprint density at radius 1 is 1.26 bits per heavy atom. The molecule has 0 fully saturated rings. The average molecular weight is 511 g/mol. The number of carbonyl (C=O) groups excluding carboxylic acids is 1. The highest BCUT2D eigenvalue weighted by molar-refractivity contribution is 6.00. The van der Waals surface area contributed by atoms with Crippen molar-refractivity contribution in [2.45, 2.75) is 19.4 Å². The lowest BCUT2D eigenvalue weighted by atomic mass is 10.1. The van der Waals surface area contributed by atoms with Crippen LogP contribution in [0.5, 0.6) is 11.5 Å². The zero-order valence-corrected chi connectivity index (χ0v) is 21.8. The predicted molar refractivity (Wildman–Crippen MR) is 148 cm³/mol. The Kier molecular flexibility index (Phi) is 7.15. The summed E-state index contributed by atoms with van der Waals surface area (Å²) in [5, 5.41) is 7.09. The quantitative estimate of drug-likeness (QED) is 0.304. The Morgan fingerprint density at radius 3 is 2.92 bits per heavy atom. The zero-order chi connectivity index (χ0) is 26.6. The van der Waals surface area contributed by atoms with Crippen LogP contribution in [-0.2, 0) is 17.8 Å². The molecule has 9 heteroatoms. The highest BCUT2D eigenvalue weighted by Gasteiger charge is 2.23. The Labute approximate surface area is 222 Å². The maximum absolute atomic E-state index is 12.1. The Hall–Kier alpha value is -4.55. The molecule has 38 heavy (non-hydrogen) atoms. The second-order valence-corrected chi connectivity index (χ2v) is 9.22. The predicted octanol–water partition coefficient (Wildman–Crippen LogP) is 4.46. The Bertz CT molecular complexity index is 1490. The lowest BCUT2D eigenvalue weighted by molar-refractivity contribution is -0.111. The number of aromatic nitrogens is 3. The van der Waals surface area contributed by atoms with E-state index >= 15 is 0 Å². The van der Waals surface area contributed by atoms with Crippen LogP contribution in [0.2, 0.25) is 0 Å². The van der Waals surface area contributed by atoms with Crippen LogP contribution in [0.25, 0.3) is 22.2 Å². The first-order valence-electron chi connectivity index (χ1n) is 12.5. The van der Waals surface area contributed by atoms with Gasteiger partial charge in [-0.2, -0.15) is 0 Å². The summed E-state index contributed by atoms with van der Waals surface area (Å²) in [5.74, 6) is 1.06. The van der Waals surface area contributed by atoms with Crippen LogP contribution in [0.3, 0.4) is 0 Å². The Balaban J connectivity index is 1.50. The number of rotatable bonds is 10. The van der Waals surface area contributed by atoms with Gasteiger partial charge in [0, 0.05) is 36.6 Å². The smallest absolute Gasteiger partial charge is 0.247 e. The van der Waals surface area contributed by atoms with Crippen LogP contribution in [0.1, 0.15) is 12.1 Å². The topological polar surface area (TPSA) is 93.5 Å². The van der Waals surface area contributed by atoms with Gasteiger partial charge in [-0.15, -0.1) is 0 Å². The molecule has 0 radical (unpaired) electrons. The van der Waals surface area contributed by atoms with Gasteiger partial charge in [-0.05, 0) is 57.3 Å². The molecular weight excluding hydrogens is 480 g/mol. The van der Waals surface area contributed by atoms with E-state index in [9.17, 15) is 4.79 Å². The number of hydrogen-bond donors (Lipinski definition) is 2. The lowest BCUT2D eigenvalue weighted by Gasteiger charge is -2.18. The fraction of sp³-hybridized carbons (Fsp3) is 0.276. The molecule has 3 heterocycles. The summed E-state index contributed by atoms with van der Waals surface area (Å²) in [6.07, 6.45) is 5.03. The molecule has 2 N–H and O–H groups in total. The number of anilines is 3. The van der Waals surface area contributed by atoms with Crippen LogP contribution in [0.15, 0.2) is 49.2 Å². The van der Waals surface area contributed by atoms with Gasteiger partial charge in [0.05, 0.1) is 35.1 Å². The van der Waals surface area contributed by atoms with E-state index in [4.69, 9.17) is 14.5 Å². The molecule has 1 aliphatic rings. The Morgan fingerprint density at radius 2 is 2.13 bits per heavy atom. The number of aryl methyl sites for hydroxylation is 1. The third-order valence-electron chi connectivity index (χ3n) is 6.43. The van der Waals surface area contributed by atoms with E-state index in [1.54, 1.807) is 25.4 Å². The van der Waals surface area contributed by atoms with Gasteiger partial charge >= 0.3 is 0 Å². The normalized spacial score (nSPS) is 12.2. The molecule has 9 nitrogen and oxygen atoms in total. The summed E-state index contributed by atoms with van der Waals surface area (Å²) in [6, 6.07) is 15.7. The number of fused-ring (bicyclic) bond motifs is 3. The van der Waals surface area contributed by atoms with Gasteiger partial charge in [0.2, 0.25) is 11.9 Å². The van der Waals surface area contributed by atoms with Gasteiger partial charge in [-0.25, -0.2) is 9.97 Å². The number of hydrogen-bond acceptors (Lipinski definition) is 7. The molecule has 0 unspecified atom stereocenters. The van der Waals surface area contributed by atoms with Crippen molar-refractivity contribution in [3.8, 4) is 22.8 Å². The van der Waals surface area contributed by atoms with Crippen LogP contribution in [0.4, 0.5) is 17.3 Å². The highest BCUT2D eigenvalue weighted by atomic mass is 16.5. The number of nitrogens with zero attached hydrogens (tertiary/aromatic N) is 4. The molecular formula is C29H30N6O3. The molecule has 0 aliphatic carbocycles. The number of likely N-dealkylation sites (N-methyl/N-ethyl adjacent to an activating group) is 1. The molecule has 4 aromatic rings. The number of nitrogens with one attached hydrogen (secondary N) is 2. The molecule has 0 saturated carbocycles. The second kappa shape index (κ2) is 10.8. The average Bonchev–Trinajstić information content (AvgIpc) is 3.50. The summed E-state index contributed by atoms with van der Waals surface area (Å²) < 4.78 is 13.9. The van der Waals surface area contributed by atoms with Crippen LogP contribution < -0.4 is 20.1 Å². The minimum atomic E-state index is -0.348. The fourth-order valence-corrected chi connectivity index (χ4v) is 4.66. The molecule has 1 amide bonds. The van der Waals surface area contributed by atoms with Crippen LogP contribution in [0, 0.1) is 12.1 Å². The van der Waals surface area contributed by atoms with Crippen LogP contribution >= 0.6 is 0 Å². The van der Waals surface area contributed by atoms with Crippen molar-refractivity contribution >= 4 is 34.1 Å². The molecule has 2 aromatic carbocycles. The van der Waals surface area contributed by atoms with E-state index in [1.807, 2.05) is 31.1 Å². The lowest BCUT2D eigenvalue weighted by Crippen LogP contribution is -2.20. The molecule has 0 atom stereocenters. The van der Waals surface area contributed by atoms with E-state index in [0.717, 1.165) is 41.5 Å². The first-order chi connectivity index (χ1) is 18.5. The molecule has 1 aliphatic heterocycles. The van der Waals surface area contributed by atoms with Crippen molar-refractivity contribution in [3.63, 3.8) is 0 Å². The minimum absolute atomic E-state index is 0.348. The monoisotopic (exact) mass is 510 g/mol. The third-order valence-corrected chi connectivity index (χ3v) is 6.43. The number of benzene rings is 1. The van der Waals surface area contributed by atoms with E-state index < -0.39 is 0 Å². The van der Waals surface area contributed by atoms with E-state index in [2.05, 4.69) is 45.0 Å². The van der Waals surface area contributed by atoms with Crippen molar-refractivity contribution in [2.75, 3.05) is 45.0 Å². The molecule has 5 rings (SSSR count). The molecule has 0 bridgehead atoms. The van der Waals surface area contributed by atoms with Crippen molar-refractivity contribution in [1.82, 2.24) is 19.4 Å². The molecule has 194 valence electrons. The second-order valence-electron chi connectivity index (χ2n) is 9.22. The van der Waals surface area contributed by atoms with Gasteiger partial charge in [0.1, 0.15) is 18.1 Å².